The zero-order chi connectivity index (χ0) is 16.3. The molecule has 0 unspecified atom stereocenters. The Kier molecular flexibility index (Phi) is 4.43. The quantitative estimate of drug-likeness (QED) is 0.933. The highest BCUT2D eigenvalue weighted by molar-refractivity contribution is 7.92. The van der Waals surface area contributed by atoms with Crippen molar-refractivity contribution in [3.63, 3.8) is 0 Å². The van der Waals surface area contributed by atoms with Gasteiger partial charge in [-0.3, -0.25) is 4.72 Å². The van der Waals surface area contributed by atoms with Crippen molar-refractivity contribution >= 4 is 15.7 Å². The lowest BCUT2D eigenvalue weighted by Gasteiger charge is -2.13. The Labute approximate surface area is 136 Å². The van der Waals surface area contributed by atoms with E-state index in [1.165, 1.54) is 12.1 Å². The summed E-state index contributed by atoms with van der Waals surface area (Å²) in [6, 6.07) is 12.1. The number of para-hydroxylation sites is 1. The second-order valence-electron chi connectivity index (χ2n) is 5.28. The molecule has 0 fully saturated rings. The maximum atomic E-state index is 12.6. The van der Waals surface area contributed by atoms with Gasteiger partial charge in [-0.25, -0.2) is 8.42 Å². The molecule has 0 radical (unpaired) electrons. The van der Waals surface area contributed by atoms with E-state index in [9.17, 15) is 8.42 Å². The number of benzene rings is 2. The third kappa shape index (κ3) is 3.42. The third-order valence-corrected chi connectivity index (χ3v) is 5.04. The Bertz CT molecular complexity index is 802. The molecule has 2 aromatic carbocycles. The summed E-state index contributed by atoms with van der Waals surface area (Å²) in [6.45, 7) is 3.07. The largest absolute Gasteiger partial charge is 0.490 e. The highest BCUT2D eigenvalue weighted by Crippen LogP contribution is 2.32. The fourth-order valence-electron chi connectivity index (χ4n) is 2.44. The van der Waals surface area contributed by atoms with Crippen LogP contribution in [0.2, 0.25) is 0 Å². The number of hydrogen-bond acceptors (Lipinski definition) is 4. The minimum Gasteiger partial charge on any atom is -0.490 e. The van der Waals surface area contributed by atoms with Gasteiger partial charge in [-0.2, -0.15) is 0 Å². The maximum absolute atomic E-state index is 12.6. The van der Waals surface area contributed by atoms with Crippen molar-refractivity contribution in [2.24, 2.45) is 0 Å². The monoisotopic (exact) mass is 333 g/mol. The smallest absolute Gasteiger partial charge is 0.262 e. The standard InChI is InChI=1S/C17H19NO4S/c1-2-13-6-3-4-7-15(13)18-23(19,20)14-8-9-16-17(12-14)22-11-5-10-21-16/h3-4,6-9,12,18H,2,5,10-11H2,1H3. The number of aryl methyl sites for hydroxylation is 1. The minimum atomic E-state index is -3.68. The van der Waals surface area contributed by atoms with Crippen molar-refractivity contribution in [3.05, 3.63) is 48.0 Å². The summed E-state index contributed by atoms with van der Waals surface area (Å²) >= 11 is 0. The Morgan fingerprint density at radius 3 is 2.57 bits per heavy atom. The first-order valence-corrected chi connectivity index (χ1v) is 9.09. The molecule has 0 saturated carbocycles. The predicted octanol–water partition coefficient (Wildman–Crippen LogP) is 3.21. The van der Waals surface area contributed by atoms with Gasteiger partial charge in [0.25, 0.3) is 10.0 Å². The van der Waals surface area contributed by atoms with E-state index in [0.29, 0.717) is 30.4 Å². The number of fused-ring (bicyclic) bond motifs is 1. The number of hydrogen-bond donors (Lipinski definition) is 1. The molecule has 1 aliphatic rings. The van der Waals surface area contributed by atoms with E-state index in [2.05, 4.69) is 4.72 Å². The van der Waals surface area contributed by atoms with Gasteiger partial charge in [0.15, 0.2) is 11.5 Å². The Morgan fingerprint density at radius 2 is 1.78 bits per heavy atom. The normalized spacial score (nSPS) is 14.1. The van der Waals surface area contributed by atoms with E-state index in [4.69, 9.17) is 9.47 Å². The Morgan fingerprint density at radius 1 is 1.04 bits per heavy atom. The molecule has 1 N–H and O–H groups in total. The molecule has 0 atom stereocenters. The molecule has 5 nitrogen and oxygen atoms in total. The van der Waals surface area contributed by atoms with Crippen molar-refractivity contribution in [1.82, 2.24) is 0 Å². The maximum Gasteiger partial charge on any atom is 0.262 e. The number of rotatable bonds is 4. The molecule has 0 amide bonds. The lowest BCUT2D eigenvalue weighted by molar-refractivity contribution is 0.297. The molecule has 0 bridgehead atoms. The molecule has 1 aliphatic heterocycles. The fraction of sp³-hybridized carbons (Fsp3) is 0.294. The zero-order valence-corrected chi connectivity index (χ0v) is 13.7. The Balaban J connectivity index is 1.92. The van der Waals surface area contributed by atoms with Gasteiger partial charge < -0.3 is 9.47 Å². The van der Waals surface area contributed by atoms with Gasteiger partial charge in [-0.15, -0.1) is 0 Å². The molecule has 3 rings (SSSR count). The molecule has 0 spiro atoms. The fourth-order valence-corrected chi connectivity index (χ4v) is 3.56. The first-order chi connectivity index (χ1) is 11.1. The van der Waals surface area contributed by atoms with Gasteiger partial charge >= 0.3 is 0 Å². The molecule has 6 heteroatoms. The van der Waals surface area contributed by atoms with E-state index >= 15 is 0 Å². The molecule has 1 heterocycles. The average Bonchev–Trinajstić information content (AvgIpc) is 2.79. The predicted molar refractivity (Wildman–Crippen MR) is 88.7 cm³/mol. The summed E-state index contributed by atoms with van der Waals surface area (Å²) in [6.07, 6.45) is 1.53. The van der Waals surface area contributed by atoms with E-state index < -0.39 is 10.0 Å². The lowest BCUT2D eigenvalue weighted by Crippen LogP contribution is -2.14. The number of sulfonamides is 1. The van der Waals surface area contributed by atoms with Gasteiger partial charge in [0.05, 0.1) is 23.8 Å². The topological polar surface area (TPSA) is 64.6 Å². The first kappa shape index (κ1) is 15.7. The second kappa shape index (κ2) is 6.50. The third-order valence-electron chi connectivity index (χ3n) is 3.67. The van der Waals surface area contributed by atoms with E-state index in [0.717, 1.165) is 18.4 Å². The van der Waals surface area contributed by atoms with Crippen LogP contribution in [0, 0.1) is 0 Å². The summed E-state index contributed by atoms with van der Waals surface area (Å²) < 4.78 is 39.0. The van der Waals surface area contributed by atoms with Gasteiger partial charge in [0.1, 0.15) is 0 Å². The van der Waals surface area contributed by atoms with Gasteiger partial charge in [-0.05, 0) is 30.2 Å². The minimum absolute atomic E-state index is 0.160. The van der Waals surface area contributed by atoms with Crippen molar-refractivity contribution in [1.29, 1.82) is 0 Å². The zero-order valence-electron chi connectivity index (χ0n) is 12.9. The van der Waals surface area contributed by atoms with Crippen LogP contribution in [0.4, 0.5) is 5.69 Å². The Hall–Kier alpha value is -2.21. The molecular formula is C17H19NO4S. The van der Waals surface area contributed by atoms with Crippen LogP contribution in [-0.4, -0.2) is 21.6 Å². The van der Waals surface area contributed by atoms with Crippen LogP contribution in [0.3, 0.4) is 0 Å². The van der Waals surface area contributed by atoms with Crippen molar-refractivity contribution in [3.8, 4) is 11.5 Å². The lowest BCUT2D eigenvalue weighted by atomic mass is 10.1. The highest BCUT2D eigenvalue weighted by Gasteiger charge is 2.19. The van der Waals surface area contributed by atoms with Crippen LogP contribution in [0.25, 0.3) is 0 Å². The molecule has 0 saturated heterocycles. The van der Waals surface area contributed by atoms with Crippen molar-refractivity contribution in [2.45, 2.75) is 24.7 Å². The molecule has 23 heavy (non-hydrogen) atoms. The first-order valence-electron chi connectivity index (χ1n) is 7.60. The number of anilines is 1. The second-order valence-corrected chi connectivity index (χ2v) is 6.96. The van der Waals surface area contributed by atoms with Gasteiger partial charge in [0, 0.05) is 12.5 Å². The summed E-state index contributed by atoms with van der Waals surface area (Å²) in [5.41, 5.74) is 1.55. The molecule has 0 aliphatic carbocycles. The van der Waals surface area contributed by atoms with Crippen LogP contribution in [0.15, 0.2) is 47.4 Å². The molecule has 0 aromatic heterocycles. The van der Waals surface area contributed by atoms with Crippen LogP contribution in [0.1, 0.15) is 18.9 Å². The van der Waals surface area contributed by atoms with Crippen LogP contribution >= 0.6 is 0 Å². The highest BCUT2D eigenvalue weighted by atomic mass is 32.2. The van der Waals surface area contributed by atoms with E-state index in [1.807, 2.05) is 25.1 Å². The SMILES string of the molecule is CCc1ccccc1NS(=O)(=O)c1ccc2c(c1)OCCCO2. The summed E-state index contributed by atoms with van der Waals surface area (Å²) in [5, 5.41) is 0. The number of ether oxygens (including phenoxy) is 2. The van der Waals surface area contributed by atoms with Crippen molar-refractivity contribution in [2.75, 3.05) is 17.9 Å². The molecule has 2 aromatic rings. The van der Waals surface area contributed by atoms with Gasteiger partial charge in [0.2, 0.25) is 0 Å². The summed E-state index contributed by atoms with van der Waals surface area (Å²) in [7, 11) is -3.68. The number of nitrogens with one attached hydrogen (secondary N) is 1. The van der Waals surface area contributed by atoms with E-state index in [1.54, 1.807) is 12.1 Å². The average molecular weight is 333 g/mol. The molecule has 122 valence electrons. The van der Waals surface area contributed by atoms with Crippen LogP contribution in [0.5, 0.6) is 11.5 Å². The van der Waals surface area contributed by atoms with Crippen LogP contribution in [-0.2, 0) is 16.4 Å². The van der Waals surface area contributed by atoms with Crippen molar-refractivity contribution < 1.29 is 17.9 Å². The van der Waals surface area contributed by atoms with E-state index in [-0.39, 0.29) is 4.90 Å². The van der Waals surface area contributed by atoms with Gasteiger partial charge in [-0.1, -0.05) is 25.1 Å². The molecular weight excluding hydrogens is 314 g/mol. The summed E-state index contributed by atoms with van der Waals surface area (Å²) in [4.78, 5) is 0.160. The van der Waals surface area contributed by atoms with Crippen LogP contribution < -0.4 is 14.2 Å². The summed E-state index contributed by atoms with van der Waals surface area (Å²) in [5.74, 6) is 1.05.